The number of hydrogen-bond donors (Lipinski definition) is 1. The normalized spacial score (nSPS) is 16.2. The molecule has 1 fully saturated rings. The summed E-state index contributed by atoms with van der Waals surface area (Å²) < 4.78 is 0. The van der Waals surface area contributed by atoms with E-state index in [1.54, 1.807) is 6.07 Å². The molecule has 0 saturated carbocycles. The fourth-order valence-electron chi connectivity index (χ4n) is 1.86. The number of rotatable bonds is 1. The van der Waals surface area contributed by atoms with Crippen molar-refractivity contribution < 1.29 is 0 Å². The molecule has 0 spiro atoms. The average Bonchev–Trinajstić information content (AvgIpc) is 2.29. The summed E-state index contributed by atoms with van der Waals surface area (Å²) >= 11 is 11.8. The third kappa shape index (κ3) is 2.47. The molecule has 0 atom stereocenters. The zero-order valence-corrected chi connectivity index (χ0v) is 10.4. The summed E-state index contributed by atoms with van der Waals surface area (Å²) in [5.41, 5.74) is 0.521. The molecule has 0 aromatic carbocycles. The Labute approximate surface area is 105 Å². The van der Waals surface area contributed by atoms with Crippen LogP contribution in [0.2, 0.25) is 10.0 Å². The summed E-state index contributed by atoms with van der Waals surface area (Å²) in [7, 11) is 0. The van der Waals surface area contributed by atoms with Gasteiger partial charge in [-0.2, -0.15) is 0 Å². The molecule has 0 radical (unpaired) electrons. The summed E-state index contributed by atoms with van der Waals surface area (Å²) in [5, 5.41) is 9.02. The molecule has 2 rings (SSSR count). The number of piperidine rings is 1. The first kappa shape index (κ1) is 11.7. The van der Waals surface area contributed by atoms with Crippen molar-refractivity contribution in [2.24, 2.45) is 0 Å². The van der Waals surface area contributed by atoms with Crippen LogP contribution < -0.4 is 0 Å². The van der Waals surface area contributed by atoms with E-state index in [1.165, 1.54) is 12.6 Å². The third-order valence-electron chi connectivity index (χ3n) is 2.70. The fourth-order valence-corrected chi connectivity index (χ4v) is 2.33. The van der Waals surface area contributed by atoms with Crippen molar-refractivity contribution in [3.63, 3.8) is 0 Å². The number of halogens is 2. The maximum absolute atomic E-state index is 8.07. The Bertz CT molecular complexity index is 400. The molecule has 1 N–H and O–H groups in total. The Balaban J connectivity index is 2.19. The summed E-state index contributed by atoms with van der Waals surface area (Å²) in [4.78, 5) is 6.14. The topological polar surface area (TPSA) is 40.0 Å². The molecule has 0 unspecified atom stereocenters. The molecular weight excluding hydrogens is 245 g/mol. The fraction of sp³-hybridized carbons (Fsp3) is 0.455. The van der Waals surface area contributed by atoms with Gasteiger partial charge in [0.25, 0.3) is 0 Å². The second-order valence-electron chi connectivity index (χ2n) is 3.88. The van der Waals surface area contributed by atoms with Gasteiger partial charge < -0.3 is 4.90 Å². The Kier molecular flexibility index (Phi) is 3.66. The minimum atomic E-state index is 0.404. The van der Waals surface area contributed by atoms with Gasteiger partial charge in [-0.1, -0.05) is 23.2 Å². The van der Waals surface area contributed by atoms with Gasteiger partial charge >= 0.3 is 0 Å². The zero-order valence-electron chi connectivity index (χ0n) is 8.84. The number of nitrogens with one attached hydrogen (secondary N) is 1. The highest BCUT2D eigenvalue weighted by Crippen LogP contribution is 2.21. The summed E-state index contributed by atoms with van der Waals surface area (Å²) in [5.74, 6) is 0.404. The predicted molar refractivity (Wildman–Crippen MR) is 66.5 cm³/mol. The van der Waals surface area contributed by atoms with E-state index >= 15 is 0 Å². The first-order chi connectivity index (χ1) is 7.68. The average molecular weight is 258 g/mol. The Morgan fingerprint density at radius 2 is 1.94 bits per heavy atom. The van der Waals surface area contributed by atoms with Gasteiger partial charge in [-0.15, -0.1) is 0 Å². The van der Waals surface area contributed by atoms with Crippen LogP contribution in [0, 0.1) is 5.41 Å². The van der Waals surface area contributed by atoms with Crippen molar-refractivity contribution in [3.8, 4) is 0 Å². The Hall–Kier alpha value is -0.800. The molecule has 1 aromatic rings. The number of aromatic nitrogens is 1. The quantitative estimate of drug-likeness (QED) is 0.620. The van der Waals surface area contributed by atoms with Crippen LogP contribution in [-0.2, 0) is 0 Å². The van der Waals surface area contributed by atoms with E-state index in [0.717, 1.165) is 25.9 Å². The molecular formula is C11H13Cl2N3. The van der Waals surface area contributed by atoms with E-state index in [0.29, 0.717) is 21.6 Å². The predicted octanol–water partition coefficient (Wildman–Crippen LogP) is 3.20. The maximum atomic E-state index is 8.07. The molecule has 1 aliphatic rings. The van der Waals surface area contributed by atoms with Crippen molar-refractivity contribution in [2.75, 3.05) is 13.1 Å². The van der Waals surface area contributed by atoms with Gasteiger partial charge in [0.05, 0.1) is 10.0 Å². The first-order valence-electron chi connectivity index (χ1n) is 5.33. The molecule has 1 saturated heterocycles. The number of nitrogens with zero attached hydrogens (tertiary/aromatic N) is 2. The van der Waals surface area contributed by atoms with Crippen molar-refractivity contribution in [1.29, 1.82) is 5.41 Å². The Morgan fingerprint density at radius 1 is 1.25 bits per heavy atom. The maximum Gasteiger partial charge on any atom is 0.148 e. The minimum Gasteiger partial charge on any atom is -0.355 e. The van der Waals surface area contributed by atoms with Gasteiger partial charge in [0.15, 0.2) is 0 Å². The van der Waals surface area contributed by atoms with Gasteiger partial charge in [0.2, 0.25) is 0 Å². The number of amidine groups is 1. The molecule has 3 nitrogen and oxygen atoms in total. The molecule has 2 heterocycles. The standard InChI is InChI=1S/C11H13Cl2N3/c12-8-6-9(13)10(15-7-8)11(14)16-4-2-1-3-5-16/h6-7,14H,1-5H2. The van der Waals surface area contributed by atoms with Crippen LogP contribution in [0.15, 0.2) is 12.3 Å². The molecule has 1 aromatic heterocycles. The SMILES string of the molecule is N=C(c1ncc(Cl)cc1Cl)N1CCCCC1. The van der Waals surface area contributed by atoms with Gasteiger partial charge in [-0.05, 0) is 25.3 Å². The molecule has 86 valence electrons. The highest BCUT2D eigenvalue weighted by Gasteiger charge is 2.18. The lowest BCUT2D eigenvalue weighted by molar-refractivity contribution is 0.340. The van der Waals surface area contributed by atoms with Crippen molar-refractivity contribution in [1.82, 2.24) is 9.88 Å². The van der Waals surface area contributed by atoms with Crippen LogP contribution in [0.3, 0.4) is 0 Å². The van der Waals surface area contributed by atoms with Crippen LogP contribution in [0.1, 0.15) is 25.0 Å². The second kappa shape index (κ2) is 5.02. The molecule has 1 aliphatic heterocycles. The summed E-state index contributed by atoms with van der Waals surface area (Å²) in [6.45, 7) is 1.83. The van der Waals surface area contributed by atoms with E-state index in [1.807, 2.05) is 4.90 Å². The van der Waals surface area contributed by atoms with Crippen LogP contribution in [-0.4, -0.2) is 28.8 Å². The number of pyridine rings is 1. The monoisotopic (exact) mass is 257 g/mol. The molecule has 0 amide bonds. The molecule has 5 heteroatoms. The van der Waals surface area contributed by atoms with Gasteiger partial charge in [0.1, 0.15) is 11.5 Å². The zero-order chi connectivity index (χ0) is 11.5. The largest absolute Gasteiger partial charge is 0.355 e. The van der Waals surface area contributed by atoms with Gasteiger partial charge in [-0.3, -0.25) is 5.41 Å². The summed E-state index contributed by atoms with van der Waals surface area (Å²) in [6, 6.07) is 1.63. The molecule has 0 bridgehead atoms. The van der Waals surface area contributed by atoms with E-state index in [2.05, 4.69) is 4.98 Å². The third-order valence-corrected chi connectivity index (χ3v) is 3.20. The van der Waals surface area contributed by atoms with Gasteiger partial charge in [0, 0.05) is 19.3 Å². The molecule has 16 heavy (non-hydrogen) atoms. The lowest BCUT2D eigenvalue weighted by Gasteiger charge is -2.28. The first-order valence-corrected chi connectivity index (χ1v) is 6.09. The lowest BCUT2D eigenvalue weighted by Crippen LogP contribution is -2.36. The van der Waals surface area contributed by atoms with Gasteiger partial charge in [-0.25, -0.2) is 4.98 Å². The number of hydrogen-bond acceptors (Lipinski definition) is 2. The lowest BCUT2D eigenvalue weighted by atomic mass is 10.1. The van der Waals surface area contributed by atoms with Crippen LogP contribution in [0.4, 0.5) is 0 Å². The van der Waals surface area contributed by atoms with Crippen molar-refractivity contribution in [3.05, 3.63) is 28.0 Å². The minimum absolute atomic E-state index is 0.404. The Morgan fingerprint density at radius 3 is 2.56 bits per heavy atom. The van der Waals surface area contributed by atoms with E-state index < -0.39 is 0 Å². The second-order valence-corrected chi connectivity index (χ2v) is 4.72. The van der Waals surface area contributed by atoms with Crippen LogP contribution >= 0.6 is 23.2 Å². The van der Waals surface area contributed by atoms with Crippen LogP contribution in [0.25, 0.3) is 0 Å². The molecule has 0 aliphatic carbocycles. The van der Waals surface area contributed by atoms with Crippen molar-refractivity contribution >= 4 is 29.0 Å². The summed E-state index contributed by atoms with van der Waals surface area (Å²) in [6.07, 6.45) is 5.04. The highest BCUT2D eigenvalue weighted by atomic mass is 35.5. The highest BCUT2D eigenvalue weighted by molar-refractivity contribution is 6.36. The van der Waals surface area contributed by atoms with E-state index in [-0.39, 0.29) is 0 Å². The van der Waals surface area contributed by atoms with Crippen molar-refractivity contribution in [2.45, 2.75) is 19.3 Å². The smallest absolute Gasteiger partial charge is 0.148 e. The van der Waals surface area contributed by atoms with E-state index in [9.17, 15) is 0 Å². The van der Waals surface area contributed by atoms with E-state index in [4.69, 9.17) is 28.6 Å². The van der Waals surface area contributed by atoms with Crippen LogP contribution in [0.5, 0.6) is 0 Å². The number of likely N-dealkylation sites (tertiary alicyclic amines) is 1.